The Balaban J connectivity index is 1.97. The molecule has 2 rings (SSSR count). The summed E-state index contributed by atoms with van der Waals surface area (Å²) < 4.78 is 3.43. The largest absolute Gasteiger partial charge is 0.478 e. The highest BCUT2D eigenvalue weighted by atomic mass is 16.4. The average Bonchev–Trinajstić information content (AvgIpc) is 2.84. The number of carbonyl (C=O) groups is 1. The van der Waals surface area contributed by atoms with Crippen LogP contribution in [0.4, 0.5) is 0 Å². The van der Waals surface area contributed by atoms with Crippen molar-refractivity contribution in [2.24, 2.45) is 0 Å². The number of rotatable bonds is 5. The fourth-order valence-electron chi connectivity index (χ4n) is 1.67. The number of aromatic carboxylic acids is 1. The van der Waals surface area contributed by atoms with Gasteiger partial charge in [-0.05, 0) is 12.5 Å². The van der Waals surface area contributed by atoms with Crippen molar-refractivity contribution in [2.75, 3.05) is 0 Å². The van der Waals surface area contributed by atoms with Gasteiger partial charge in [0.15, 0.2) is 0 Å². The first-order chi connectivity index (χ1) is 8.66. The number of carboxylic acid groups (broad SMARTS) is 1. The maximum Gasteiger partial charge on any atom is 0.335 e. The summed E-state index contributed by atoms with van der Waals surface area (Å²) in [5.41, 5.74) is -0.272. The Morgan fingerprint density at radius 1 is 1.33 bits per heavy atom. The topological polar surface area (TPSA) is 77.1 Å². The standard InChI is InChI=1S/C12H13N3O3/c16-11-8-10(12(17)18)2-6-15(11)5-1-4-14-7-3-13-9-14/h2-3,6-9H,1,4-5H2,(H,17,18). The second-order valence-electron chi connectivity index (χ2n) is 3.91. The molecule has 2 aromatic heterocycles. The molecule has 0 aromatic carbocycles. The van der Waals surface area contributed by atoms with Crippen molar-refractivity contribution >= 4 is 5.97 Å². The van der Waals surface area contributed by atoms with Crippen LogP contribution in [0.25, 0.3) is 0 Å². The van der Waals surface area contributed by atoms with Crippen molar-refractivity contribution in [2.45, 2.75) is 19.5 Å². The van der Waals surface area contributed by atoms with Crippen LogP contribution in [0.1, 0.15) is 16.8 Å². The molecular weight excluding hydrogens is 234 g/mol. The van der Waals surface area contributed by atoms with Crippen LogP contribution in [-0.4, -0.2) is 25.2 Å². The van der Waals surface area contributed by atoms with E-state index in [0.717, 1.165) is 19.0 Å². The Kier molecular flexibility index (Phi) is 3.57. The minimum Gasteiger partial charge on any atom is -0.478 e. The van der Waals surface area contributed by atoms with Crippen LogP contribution in [0.15, 0.2) is 41.8 Å². The molecule has 1 N–H and O–H groups in total. The third kappa shape index (κ3) is 2.85. The van der Waals surface area contributed by atoms with Crippen molar-refractivity contribution in [3.63, 3.8) is 0 Å². The monoisotopic (exact) mass is 247 g/mol. The molecule has 2 aromatic rings. The van der Waals surface area contributed by atoms with Gasteiger partial charge in [-0.1, -0.05) is 0 Å². The lowest BCUT2D eigenvalue weighted by Gasteiger charge is -2.06. The van der Waals surface area contributed by atoms with Crippen LogP contribution >= 0.6 is 0 Å². The molecule has 2 heterocycles. The Bertz CT molecular complexity index is 587. The van der Waals surface area contributed by atoms with Gasteiger partial charge >= 0.3 is 5.97 Å². The first-order valence-corrected chi connectivity index (χ1v) is 5.56. The lowest BCUT2D eigenvalue weighted by atomic mass is 10.2. The smallest absolute Gasteiger partial charge is 0.335 e. The van der Waals surface area contributed by atoms with Crippen molar-refractivity contribution in [1.82, 2.24) is 14.1 Å². The van der Waals surface area contributed by atoms with Gasteiger partial charge in [0.2, 0.25) is 0 Å². The van der Waals surface area contributed by atoms with E-state index in [1.807, 2.05) is 10.8 Å². The molecule has 6 nitrogen and oxygen atoms in total. The summed E-state index contributed by atoms with van der Waals surface area (Å²) >= 11 is 0. The van der Waals surface area contributed by atoms with Crippen molar-refractivity contribution in [3.05, 3.63) is 53.0 Å². The number of carboxylic acids is 1. The average molecular weight is 247 g/mol. The van der Waals surface area contributed by atoms with Gasteiger partial charge in [0.05, 0.1) is 11.9 Å². The molecule has 0 saturated carbocycles. The van der Waals surface area contributed by atoms with Crippen molar-refractivity contribution < 1.29 is 9.90 Å². The Hall–Kier alpha value is -2.37. The van der Waals surface area contributed by atoms with Crippen LogP contribution in [0.5, 0.6) is 0 Å². The molecule has 0 bridgehead atoms. The lowest BCUT2D eigenvalue weighted by molar-refractivity contribution is 0.0696. The quantitative estimate of drug-likeness (QED) is 0.849. The van der Waals surface area contributed by atoms with E-state index in [4.69, 9.17) is 5.11 Å². The van der Waals surface area contributed by atoms with Gasteiger partial charge in [-0.15, -0.1) is 0 Å². The summed E-state index contributed by atoms with van der Waals surface area (Å²) in [4.78, 5) is 26.2. The lowest BCUT2D eigenvalue weighted by Crippen LogP contribution is -2.20. The molecule has 0 fully saturated rings. The molecule has 94 valence electrons. The van der Waals surface area contributed by atoms with E-state index in [-0.39, 0.29) is 11.1 Å². The van der Waals surface area contributed by atoms with Crippen LogP contribution in [-0.2, 0) is 13.1 Å². The maximum atomic E-state index is 11.6. The second-order valence-corrected chi connectivity index (χ2v) is 3.91. The predicted octanol–water partition coefficient (Wildman–Crippen LogP) is 0.833. The van der Waals surface area contributed by atoms with Gasteiger partial charge in [-0.3, -0.25) is 4.79 Å². The molecule has 0 aliphatic heterocycles. The van der Waals surface area contributed by atoms with E-state index in [1.54, 1.807) is 12.5 Å². The fourth-order valence-corrected chi connectivity index (χ4v) is 1.67. The number of hydrogen-bond acceptors (Lipinski definition) is 3. The fraction of sp³-hybridized carbons (Fsp3) is 0.250. The predicted molar refractivity (Wildman–Crippen MR) is 64.5 cm³/mol. The number of hydrogen-bond donors (Lipinski definition) is 1. The molecule has 0 unspecified atom stereocenters. The van der Waals surface area contributed by atoms with Gasteiger partial charge in [0.1, 0.15) is 0 Å². The Morgan fingerprint density at radius 2 is 2.17 bits per heavy atom. The number of nitrogens with zero attached hydrogens (tertiary/aromatic N) is 3. The van der Waals surface area contributed by atoms with E-state index >= 15 is 0 Å². The van der Waals surface area contributed by atoms with Gasteiger partial charge < -0.3 is 14.2 Å². The number of aromatic nitrogens is 3. The Morgan fingerprint density at radius 3 is 2.78 bits per heavy atom. The van der Waals surface area contributed by atoms with Gasteiger partial charge in [0, 0.05) is 37.7 Å². The molecular formula is C12H13N3O3. The molecule has 0 amide bonds. The second kappa shape index (κ2) is 5.31. The first kappa shape index (κ1) is 12.1. The van der Waals surface area contributed by atoms with Crippen LogP contribution in [0, 0.1) is 0 Å². The molecule has 0 saturated heterocycles. The third-order valence-electron chi connectivity index (χ3n) is 2.62. The maximum absolute atomic E-state index is 11.6. The van der Waals surface area contributed by atoms with Gasteiger partial charge in [-0.25, -0.2) is 9.78 Å². The van der Waals surface area contributed by atoms with Crippen molar-refractivity contribution in [1.29, 1.82) is 0 Å². The van der Waals surface area contributed by atoms with Crippen LogP contribution < -0.4 is 5.56 Å². The summed E-state index contributed by atoms with van der Waals surface area (Å²) in [6.45, 7) is 1.32. The summed E-state index contributed by atoms with van der Waals surface area (Å²) in [5.74, 6) is -1.09. The molecule has 0 atom stereocenters. The number of aryl methyl sites for hydroxylation is 2. The highest BCUT2D eigenvalue weighted by Crippen LogP contribution is 1.97. The highest BCUT2D eigenvalue weighted by Gasteiger charge is 2.04. The third-order valence-corrected chi connectivity index (χ3v) is 2.62. The van der Waals surface area contributed by atoms with Crippen LogP contribution in [0.3, 0.4) is 0 Å². The molecule has 0 aliphatic rings. The van der Waals surface area contributed by atoms with E-state index < -0.39 is 5.97 Å². The van der Waals surface area contributed by atoms with E-state index in [0.29, 0.717) is 6.54 Å². The summed E-state index contributed by atoms with van der Waals surface area (Å²) in [6.07, 6.45) is 7.57. The zero-order valence-corrected chi connectivity index (χ0v) is 9.69. The van der Waals surface area contributed by atoms with E-state index in [9.17, 15) is 9.59 Å². The molecule has 18 heavy (non-hydrogen) atoms. The zero-order chi connectivity index (χ0) is 13.0. The molecule has 0 aliphatic carbocycles. The summed E-state index contributed by atoms with van der Waals surface area (Å²) in [7, 11) is 0. The zero-order valence-electron chi connectivity index (χ0n) is 9.69. The minimum absolute atomic E-state index is 0.0193. The minimum atomic E-state index is -1.09. The van der Waals surface area contributed by atoms with Gasteiger partial charge in [0.25, 0.3) is 5.56 Å². The summed E-state index contributed by atoms with van der Waals surface area (Å²) in [6, 6.07) is 2.57. The highest BCUT2D eigenvalue weighted by molar-refractivity contribution is 5.87. The molecule has 0 spiro atoms. The van der Waals surface area contributed by atoms with E-state index in [2.05, 4.69) is 4.98 Å². The van der Waals surface area contributed by atoms with Crippen molar-refractivity contribution in [3.8, 4) is 0 Å². The number of imidazole rings is 1. The SMILES string of the molecule is O=C(O)c1ccn(CCCn2ccnc2)c(=O)c1. The molecule has 0 radical (unpaired) electrons. The number of pyridine rings is 1. The normalized spacial score (nSPS) is 10.4. The Labute approximate surface area is 103 Å². The summed E-state index contributed by atoms with van der Waals surface area (Å²) in [5, 5.41) is 8.74. The van der Waals surface area contributed by atoms with Gasteiger partial charge in [-0.2, -0.15) is 0 Å². The van der Waals surface area contributed by atoms with E-state index in [1.165, 1.54) is 16.8 Å². The van der Waals surface area contributed by atoms with Crippen LogP contribution in [0.2, 0.25) is 0 Å². The molecule has 6 heteroatoms. The first-order valence-electron chi connectivity index (χ1n) is 5.56.